The van der Waals surface area contributed by atoms with Crippen molar-refractivity contribution in [2.45, 2.75) is 25.8 Å². The van der Waals surface area contributed by atoms with E-state index in [9.17, 15) is 5.11 Å². The Morgan fingerprint density at radius 2 is 2.00 bits per heavy atom. The number of phenols is 1. The Kier molecular flexibility index (Phi) is 3.47. The second kappa shape index (κ2) is 4.29. The summed E-state index contributed by atoms with van der Waals surface area (Å²) in [6.45, 7) is 1.96. The molecule has 0 amide bonds. The van der Waals surface area contributed by atoms with Gasteiger partial charge >= 0.3 is 0 Å². The van der Waals surface area contributed by atoms with Crippen LogP contribution in [-0.4, -0.2) is 5.11 Å². The first-order valence-electron chi connectivity index (χ1n) is 4.94. The number of benzene rings is 1. The molecule has 0 bridgehead atoms. The van der Waals surface area contributed by atoms with Gasteiger partial charge in [-0.25, -0.2) is 0 Å². The van der Waals surface area contributed by atoms with Gasteiger partial charge in [-0.15, -0.1) is 12.4 Å². The summed E-state index contributed by atoms with van der Waals surface area (Å²) in [6, 6.07) is 3.57. The van der Waals surface area contributed by atoms with Crippen LogP contribution in [0, 0.1) is 12.8 Å². The molecule has 2 rings (SSSR count). The van der Waals surface area contributed by atoms with Gasteiger partial charge in [0.15, 0.2) is 0 Å². The van der Waals surface area contributed by atoms with Crippen molar-refractivity contribution in [3.63, 3.8) is 0 Å². The summed E-state index contributed by atoms with van der Waals surface area (Å²) < 4.78 is 0. The molecule has 0 aromatic heterocycles. The number of hydrogen-bond donors (Lipinski definition) is 3. The third-order valence-electron chi connectivity index (χ3n) is 2.93. The van der Waals surface area contributed by atoms with E-state index in [1.54, 1.807) is 6.07 Å². The van der Waals surface area contributed by atoms with Crippen molar-refractivity contribution in [1.29, 1.82) is 0 Å². The maximum Gasteiger partial charge on any atom is 0.143 e. The molecule has 1 aromatic rings. The molecule has 15 heavy (non-hydrogen) atoms. The van der Waals surface area contributed by atoms with Crippen molar-refractivity contribution < 1.29 is 5.11 Å². The highest BCUT2D eigenvalue weighted by Gasteiger charge is 2.32. The molecule has 84 valence electrons. The van der Waals surface area contributed by atoms with Crippen LogP contribution in [0.2, 0.25) is 0 Å². The summed E-state index contributed by atoms with van der Waals surface area (Å²) in [4.78, 5) is 0. The highest BCUT2D eigenvalue weighted by atomic mass is 35.5. The van der Waals surface area contributed by atoms with Gasteiger partial charge in [-0.1, -0.05) is 6.07 Å². The van der Waals surface area contributed by atoms with Crippen molar-refractivity contribution in [2.24, 2.45) is 11.7 Å². The fourth-order valence-corrected chi connectivity index (χ4v) is 1.84. The van der Waals surface area contributed by atoms with Crippen LogP contribution in [0.5, 0.6) is 5.75 Å². The highest BCUT2D eigenvalue weighted by molar-refractivity contribution is 5.85. The first-order chi connectivity index (χ1) is 6.61. The van der Waals surface area contributed by atoms with E-state index >= 15 is 0 Å². The van der Waals surface area contributed by atoms with E-state index in [-0.39, 0.29) is 24.2 Å². The summed E-state index contributed by atoms with van der Waals surface area (Å²) in [5, 5.41) is 9.82. The lowest BCUT2D eigenvalue weighted by Gasteiger charge is -2.16. The van der Waals surface area contributed by atoms with Crippen LogP contribution < -0.4 is 11.5 Å². The molecule has 1 aromatic carbocycles. The van der Waals surface area contributed by atoms with E-state index in [4.69, 9.17) is 11.5 Å². The third kappa shape index (κ3) is 2.19. The molecule has 0 unspecified atom stereocenters. The number of rotatable bonds is 2. The van der Waals surface area contributed by atoms with Crippen LogP contribution in [0.25, 0.3) is 0 Å². The zero-order valence-electron chi connectivity index (χ0n) is 8.73. The van der Waals surface area contributed by atoms with Gasteiger partial charge in [0.2, 0.25) is 0 Å². The van der Waals surface area contributed by atoms with Gasteiger partial charge in [-0.2, -0.15) is 0 Å². The monoisotopic (exact) mass is 228 g/mol. The van der Waals surface area contributed by atoms with Gasteiger partial charge in [0.05, 0.1) is 5.69 Å². The predicted octanol–water partition coefficient (Wildman–Crippen LogP) is 2.11. The number of hydrogen-bond acceptors (Lipinski definition) is 3. The topological polar surface area (TPSA) is 72.3 Å². The molecule has 4 heteroatoms. The number of nitrogen functional groups attached to an aromatic ring is 1. The smallest absolute Gasteiger partial charge is 0.143 e. The van der Waals surface area contributed by atoms with Crippen molar-refractivity contribution in [2.75, 3.05) is 5.73 Å². The maximum absolute atomic E-state index is 9.82. The van der Waals surface area contributed by atoms with E-state index in [1.807, 2.05) is 13.0 Å². The summed E-state index contributed by atoms with van der Waals surface area (Å²) >= 11 is 0. The summed E-state index contributed by atoms with van der Waals surface area (Å²) in [7, 11) is 0. The summed E-state index contributed by atoms with van der Waals surface area (Å²) in [6.07, 6.45) is 2.32. The Morgan fingerprint density at radius 3 is 2.53 bits per heavy atom. The molecule has 3 nitrogen and oxygen atoms in total. The van der Waals surface area contributed by atoms with Crippen LogP contribution in [0.3, 0.4) is 0 Å². The van der Waals surface area contributed by atoms with Crippen LogP contribution in [-0.2, 0) is 0 Å². The van der Waals surface area contributed by atoms with E-state index < -0.39 is 0 Å². The molecule has 1 aliphatic carbocycles. The molecule has 0 spiro atoms. The van der Waals surface area contributed by atoms with Gasteiger partial charge < -0.3 is 16.6 Å². The van der Waals surface area contributed by atoms with Gasteiger partial charge in [0, 0.05) is 11.6 Å². The molecule has 1 atom stereocenters. The second-order valence-electron chi connectivity index (χ2n) is 4.10. The molecule has 0 heterocycles. The van der Waals surface area contributed by atoms with Crippen molar-refractivity contribution in [3.05, 3.63) is 23.3 Å². The van der Waals surface area contributed by atoms with Crippen LogP contribution in [0.15, 0.2) is 12.1 Å². The third-order valence-corrected chi connectivity index (χ3v) is 2.93. The van der Waals surface area contributed by atoms with Crippen LogP contribution >= 0.6 is 12.4 Å². The van der Waals surface area contributed by atoms with Crippen LogP contribution in [0.1, 0.15) is 30.0 Å². The largest absolute Gasteiger partial charge is 0.505 e. The number of phenolic OH excluding ortho intramolecular Hbond substituents is 1. The number of nitrogens with two attached hydrogens (primary N) is 2. The highest BCUT2D eigenvalue weighted by Crippen LogP contribution is 2.44. The number of halogens is 1. The minimum absolute atomic E-state index is 0. The lowest BCUT2D eigenvalue weighted by molar-refractivity contribution is 0.457. The molecular formula is C11H17ClN2O. The minimum Gasteiger partial charge on any atom is -0.505 e. The maximum atomic E-state index is 9.82. The summed E-state index contributed by atoms with van der Waals surface area (Å²) in [5.74, 6) is 0.700. The standard InChI is InChI=1S/C11H16N2O.ClH/c1-6-2-5-8(12)11(14)9(6)10(13)7-3-4-7;/h2,5,7,10,14H,3-4,12-13H2,1H3;1H/t10-;/m1./s1. The molecule has 0 radical (unpaired) electrons. The second-order valence-corrected chi connectivity index (χ2v) is 4.10. The number of aromatic hydroxyl groups is 1. The van der Waals surface area contributed by atoms with E-state index in [0.29, 0.717) is 11.6 Å². The predicted molar refractivity (Wildman–Crippen MR) is 64.2 cm³/mol. The van der Waals surface area contributed by atoms with Crippen molar-refractivity contribution in [1.82, 2.24) is 0 Å². The zero-order valence-corrected chi connectivity index (χ0v) is 9.55. The van der Waals surface area contributed by atoms with Crippen LogP contribution in [0.4, 0.5) is 5.69 Å². The molecule has 0 aliphatic heterocycles. The molecule has 1 aliphatic rings. The van der Waals surface area contributed by atoms with Crippen molar-refractivity contribution in [3.8, 4) is 5.75 Å². The Bertz CT molecular complexity index is 364. The molecule has 5 N–H and O–H groups in total. The lowest BCUT2D eigenvalue weighted by atomic mass is 9.96. The lowest BCUT2D eigenvalue weighted by Crippen LogP contribution is -2.14. The van der Waals surface area contributed by atoms with Crippen molar-refractivity contribution >= 4 is 18.1 Å². The Labute approximate surface area is 95.9 Å². The molecule has 1 fully saturated rings. The Balaban J connectivity index is 0.00000112. The van der Waals surface area contributed by atoms with E-state index in [0.717, 1.165) is 24.0 Å². The number of anilines is 1. The molecule has 1 saturated carbocycles. The molecular weight excluding hydrogens is 212 g/mol. The first kappa shape index (κ1) is 12.1. The van der Waals surface area contributed by atoms with E-state index in [1.165, 1.54) is 0 Å². The summed E-state index contributed by atoms with van der Waals surface area (Å²) in [5.41, 5.74) is 14.0. The first-order valence-corrected chi connectivity index (χ1v) is 4.94. The van der Waals surface area contributed by atoms with Gasteiger partial charge in [0.25, 0.3) is 0 Å². The SMILES string of the molecule is Cc1ccc(N)c(O)c1[C@H](N)C1CC1.Cl. The quantitative estimate of drug-likeness (QED) is 0.536. The Hall–Kier alpha value is -0.930. The van der Waals surface area contributed by atoms with Gasteiger partial charge in [-0.05, 0) is 37.3 Å². The molecule has 0 saturated heterocycles. The van der Waals surface area contributed by atoms with Gasteiger partial charge in [-0.3, -0.25) is 0 Å². The zero-order chi connectivity index (χ0) is 10.3. The average molecular weight is 229 g/mol. The fraction of sp³-hybridized carbons (Fsp3) is 0.455. The average Bonchev–Trinajstić information content (AvgIpc) is 2.95. The van der Waals surface area contributed by atoms with Gasteiger partial charge in [0.1, 0.15) is 5.75 Å². The Morgan fingerprint density at radius 1 is 1.40 bits per heavy atom. The minimum atomic E-state index is -0.0569. The van der Waals surface area contributed by atoms with E-state index in [2.05, 4.69) is 0 Å². The number of aryl methyl sites for hydroxylation is 1. The normalized spacial score (nSPS) is 16.9. The fourth-order valence-electron chi connectivity index (χ4n) is 1.84.